The van der Waals surface area contributed by atoms with Gasteiger partial charge in [0.1, 0.15) is 0 Å². The molecule has 0 saturated carbocycles. The molecule has 1 aromatic carbocycles. The Balaban J connectivity index is 1.96. The van der Waals surface area contributed by atoms with Gasteiger partial charge in [0, 0.05) is 17.6 Å². The lowest BCUT2D eigenvalue weighted by Crippen LogP contribution is -2.13. The van der Waals surface area contributed by atoms with Crippen LogP contribution in [0, 0.1) is 6.92 Å². The van der Waals surface area contributed by atoms with Crippen LogP contribution in [-0.4, -0.2) is 11.1 Å². The van der Waals surface area contributed by atoms with Crippen LogP contribution in [0.15, 0.2) is 33.4 Å². The molecule has 0 saturated heterocycles. The molecule has 2 aromatic rings. The van der Waals surface area contributed by atoms with E-state index in [0.29, 0.717) is 12.1 Å². The summed E-state index contributed by atoms with van der Waals surface area (Å²) in [5.41, 5.74) is 3.96. The molecular formula is C14H14BrNO2S. The number of carboxylic acids is 1. The highest BCUT2D eigenvalue weighted by Crippen LogP contribution is 2.19. The molecule has 2 N–H and O–H groups in total. The molecule has 0 radical (unpaired) electrons. The Morgan fingerprint density at radius 2 is 2.05 bits per heavy atom. The predicted molar refractivity (Wildman–Crippen MR) is 80.7 cm³/mol. The lowest BCUT2D eigenvalue weighted by atomic mass is 10.1. The van der Waals surface area contributed by atoms with Crippen molar-refractivity contribution in [1.82, 2.24) is 5.32 Å². The molecule has 0 fully saturated rings. The number of carboxylic acid groups (broad SMARTS) is 1. The van der Waals surface area contributed by atoms with E-state index in [4.69, 9.17) is 5.11 Å². The van der Waals surface area contributed by atoms with E-state index >= 15 is 0 Å². The van der Waals surface area contributed by atoms with Crippen molar-refractivity contribution in [3.63, 3.8) is 0 Å². The van der Waals surface area contributed by atoms with Crippen molar-refractivity contribution in [2.45, 2.75) is 20.0 Å². The van der Waals surface area contributed by atoms with Crippen molar-refractivity contribution in [3.05, 3.63) is 55.7 Å². The van der Waals surface area contributed by atoms with Crippen molar-refractivity contribution in [2.24, 2.45) is 0 Å². The maximum atomic E-state index is 10.8. The SMILES string of the molecule is Cc1cscc1CNCc1ccc(C(=O)O)cc1Br. The number of aromatic carboxylic acids is 1. The second-order valence-corrected chi connectivity index (χ2v) is 5.89. The van der Waals surface area contributed by atoms with Crippen molar-refractivity contribution in [1.29, 1.82) is 0 Å². The summed E-state index contributed by atoms with van der Waals surface area (Å²) in [5, 5.41) is 16.5. The maximum Gasteiger partial charge on any atom is 0.335 e. The minimum Gasteiger partial charge on any atom is -0.478 e. The monoisotopic (exact) mass is 339 g/mol. The highest BCUT2D eigenvalue weighted by Gasteiger charge is 2.06. The standard InChI is InChI=1S/C14H14BrNO2S/c1-9-7-19-8-12(9)6-16-5-11-3-2-10(14(17)18)4-13(11)15/h2-4,7-8,16H,5-6H2,1H3,(H,17,18). The van der Waals surface area contributed by atoms with Crippen LogP contribution in [0.4, 0.5) is 0 Å². The number of thiophene rings is 1. The van der Waals surface area contributed by atoms with E-state index in [1.54, 1.807) is 23.5 Å². The van der Waals surface area contributed by atoms with Crippen molar-refractivity contribution in [2.75, 3.05) is 0 Å². The molecule has 0 unspecified atom stereocenters. The summed E-state index contributed by atoms with van der Waals surface area (Å²) < 4.78 is 0.821. The number of halogens is 1. The zero-order valence-electron chi connectivity index (χ0n) is 10.4. The first-order chi connectivity index (χ1) is 9.08. The minimum absolute atomic E-state index is 0.296. The van der Waals surface area contributed by atoms with Crippen molar-refractivity contribution >= 4 is 33.2 Å². The lowest BCUT2D eigenvalue weighted by Gasteiger charge is -2.07. The molecule has 2 rings (SSSR count). The summed E-state index contributed by atoms with van der Waals surface area (Å²) in [6.07, 6.45) is 0. The van der Waals surface area contributed by atoms with Gasteiger partial charge in [-0.3, -0.25) is 0 Å². The summed E-state index contributed by atoms with van der Waals surface area (Å²) in [7, 11) is 0. The quantitative estimate of drug-likeness (QED) is 0.870. The molecule has 0 amide bonds. The van der Waals surface area contributed by atoms with Crippen LogP contribution in [0.5, 0.6) is 0 Å². The Hall–Kier alpha value is -1.17. The first-order valence-electron chi connectivity index (χ1n) is 5.82. The van der Waals surface area contributed by atoms with Crippen LogP contribution in [0.25, 0.3) is 0 Å². The van der Waals surface area contributed by atoms with E-state index in [-0.39, 0.29) is 0 Å². The van der Waals surface area contributed by atoms with Crippen molar-refractivity contribution < 1.29 is 9.90 Å². The summed E-state index contributed by atoms with van der Waals surface area (Å²) in [6.45, 7) is 3.63. The van der Waals surface area contributed by atoms with Crippen LogP contribution in [-0.2, 0) is 13.1 Å². The third kappa shape index (κ3) is 3.65. The summed E-state index contributed by atoms with van der Waals surface area (Å²) in [6, 6.07) is 5.09. The Labute approximate surface area is 124 Å². The number of hydrogen-bond acceptors (Lipinski definition) is 3. The molecule has 1 heterocycles. The largest absolute Gasteiger partial charge is 0.478 e. The Morgan fingerprint density at radius 1 is 1.32 bits per heavy atom. The first-order valence-corrected chi connectivity index (χ1v) is 7.55. The van der Waals surface area contributed by atoms with Gasteiger partial charge in [-0.1, -0.05) is 22.0 Å². The van der Waals surface area contributed by atoms with Gasteiger partial charge >= 0.3 is 5.97 Å². The average molecular weight is 340 g/mol. The van der Waals surface area contributed by atoms with Gasteiger partial charge < -0.3 is 10.4 Å². The second kappa shape index (κ2) is 6.32. The normalized spacial score (nSPS) is 10.6. The van der Waals surface area contributed by atoms with E-state index in [1.807, 2.05) is 6.07 Å². The highest BCUT2D eigenvalue weighted by atomic mass is 79.9. The van der Waals surface area contributed by atoms with Crippen LogP contribution in [0.3, 0.4) is 0 Å². The fourth-order valence-corrected chi connectivity index (χ4v) is 3.10. The number of rotatable bonds is 5. The van der Waals surface area contributed by atoms with E-state index < -0.39 is 5.97 Å². The number of aryl methyl sites for hydroxylation is 1. The molecule has 0 bridgehead atoms. The molecule has 0 aliphatic carbocycles. The van der Waals surface area contributed by atoms with Crippen LogP contribution in [0.2, 0.25) is 0 Å². The summed E-state index contributed by atoms with van der Waals surface area (Å²) in [5.74, 6) is -0.908. The zero-order valence-corrected chi connectivity index (χ0v) is 12.8. The summed E-state index contributed by atoms with van der Waals surface area (Å²) >= 11 is 5.11. The fraction of sp³-hybridized carbons (Fsp3) is 0.214. The maximum absolute atomic E-state index is 10.8. The third-order valence-electron chi connectivity index (χ3n) is 2.89. The third-order valence-corrected chi connectivity index (χ3v) is 4.54. The molecule has 100 valence electrons. The Bertz CT molecular complexity index is 595. The Kier molecular flexibility index (Phi) is 4.74. The number of nitrogens with one attached hydrogen (secondary N) is 1. The van der Waals surface area contributed by atoms with E-state index in [2.05, 4.69) is 38.9 Å². The number of carbonyl (C=O) groups is 1. The average Bonchev–Trinajstić information content (AvgIpc) is 2.77. The predicted octanol–water partition coefficient (Wildman–Crippen LogP) is 3.81. The van der Waals surface area contributed by atoms with Crippen molar-refractivity contribution in [3.8, 4) is 0 Å². The number of benzene rings is 1. The van der Waals surface area contributed by atoms with E-state index in [9.17, 15) is 4.79 Å². The molecule has 0 aliphatic heterocycles. The molecule has 1 aromatic heterocycles. The topological polar surface area (TPSA) is 49.3 Å². The van der Waals surface area contributed by atoms with Crippen LogP contribution >= 0.6 is 27.3 Å². The van der Waals surface area contributed by atoms with E-state index in [1.165, 1.54) is 11.1 Å². The van der Waals surface area contributed by atoms with Gasteiger partial charge in [0.05, 0.1) is 5.56 Å². The molecule has 19 heavy (non-hydrogen) atoms. The van der Waals surface area contributed by atoms with Gasteiger partial charge in [-0.05, 0) is 46.5 Å². The Morgan fingerprint density at radius 3 is 2.63 bits per heavy atom. The van der Waals surface area contributed by atoms with Gasteiger partial charge in [0.15, 0.2) is 0 Å². The van der Waals surface area contributed by atoms with E-state index in [0.717, 1.165) is 16.6 Å². The second-order valence-electron chi connectivity index (χ2n) is 4.29. The zero-order chi connectivity index (χ0) is 13.8. The van der Waals surface area contributed by atoms with Gasteiger partial charge in [0.2, 0.25) is 0 Å². The summed E-state index contributed by atoms with van der Waals surface area (Å²) in [4.78, 5) is 10.8. The molecule has 3 nitrogen and oxygen atoms in total. The van der Waals surface area contributed by atoms with Gasteiger partial charge in [0.25, 0.3) is 0 Å². The van der Waals surface area contributed by atoms with Crippen LogP contribution in [0.1, 0.15) is 27.0 Å². The lowest BCUT2D eigenvalue weighted by molar-refractivity contribution is 0.0697. The van der Waals surface area contributed by atoms with Crippen LogP contribution < -0.4 is 5.32 Å². The molecular weight excluding hydrogens is 326 g/mol. The fourth-order valence-electron chi connectivity index (χ4n) is 1.72. The highest BCUT2D eigenvalue weighted by molar-refractivity contribution is 9.10. The molecule has 5 heteroatoms. The molecule has 0 atom stereocenters. The first kappa shape index (κ1) is 14.2. The molecule has 0 spiro atoms. The van der Waals surface area contributed by atoms with Gasteiger partial charge in [-0.15, -0.1) is 0 Å². The number of hydrogen-bond donors (Lipinski definition) is 2. The minimum atomic E-state index is -0.908. The molecule has 0 aliphatic rings. The smallest absolute Gasteiger partial charge is 0.335 e. The van der Waals surface area contributed by atoms with Gasteiger partial charge in [-0.2, -0.15) is 11.3 Å². The van der Waals surface area contributed by atoms with Gasteiger partial charge in [-0.25, -0.2) is 4.79 Å².